The summed E-state index contributed by atoms with van der Waals surface area (Å²) in [5, 5.41) is 12.1. The van der Waals surface area contributed by atoms with Gasteiger partial charge in [-0.2, -0.15) is 0 Å². The van der Waals surface area contributed by atoms with Crippen LogP contribution in [0.5, 0.6) is 0 Å². The molecular weight excluding hydrogens is 316 g/mol. The standard InChI is InChI=1S/C16H18N2O4S/c1-9-13(19)17-11-8-10(4-5-12(11)23-9)14(20)18-7-3-6-16(18,2)15(21)22/h4-5,8-9H,3,6-7H2,1-2H3,(H,17,19)(H,21,22). The molecule has 6 nitrogen and oxygen atoms in total. The van der Waals surface area contributed by atoms with Crippen molar-refractivity contribution in [2.45, 2.75) is 42.4 Å². The highest BCUT2D eigenvalue weighted by Crippen LogP contribution is 2.37. The number of hydrogen-bond donors (Lipinski definition) is 2. The first kappa shape index (κ1) is 15.9. The number of hydrogen-bond acceptors (Lipinski definition) is 4. The van der Waals surface area contributed by atoms with Crippen LogP contribution >= 0.6 is 11.8 Å². The highest BCUT2D eigenvalue weighted by molar-refractivity contribution is 8.00. The number of nitrogens with zero attached hydrogens (tertiary/aromatic N) is 1. The van der Waals surface area contributed by atoms with Gasteiger partial charge < -0.3 is 15.3 Å². The van der Waals surface area contributed by atoms with Crippen molar-refractivity contribution in [3.05, 3.63) is 23.8 Å². The third-order valence-electron chi connectivity index (χ3n) is 4.50. The van der Waals surface area contributed by atoms with Crippen LogP contribution in [0.4, 0.5) is 5.69 Å². The van der Waals surface area contributed by atoms with Gasteiger partial charge >= 0.3 is 5.97 Å². The van der Waals surface area contributed by atoms with Gasteiger partial charge in [0.2, 0.25) is 5.91 Å². The van der Waals surface area contributed by atoms with E-state index in [9.17, 15) is 19.5 Å². The molecule has 0 spiro atoms. The van der Waals surface area contributed by atoms with Crippen LogP contribution in [-0.2, 0) is 9.59 Å². The van der Waals surface area contributed by atoms with Gasteiger partial charge in [-0.25, -0.2) is 4.79 Å². The highest BCUT2D eigenvalue weighted by atomic mass is 32.2. The van der Waals surface area contributed by atoms with Gasteiger partial charge in [-0.15, -0.1) is 11.8 Å². The number of nitrogens with one attached hydrogen (secondary N) is 1. The predicted octanol–water partition coefficient (Wildman–Crippen LogP) is 2.20. The van der Waals surface area contributed by atoms with E-state index < -0.39 is 11.5 Å². The van der Waals surface area contributed by atoms with Crippen molar-refractivity contribution in [3.63, 3.8) is 0 Å². The molecule has 7 heteroatoms. The van der Waals surface area contributed by atoms with Crippen LogP contribution in [-0.4, -0.2) is 45.1 Å². The van der Waals surface area contributed by atoms with Crippen LogP contribution in [0.15, 0.2) is 23.1 Å². The molecule has 2 aliphatic rings. The smallest absolute Gasteiger partial charge is 0.329 e. The van der Waals surface area contributed by atoms with Crippen molar-refractivity contribution >= 4 is 35.2 Å². The van der Waals surface area contributed by atoms with E-state index in [1.807, 2.05) is 6.92 Å². The van der Waals surface area contributed by atoms with Crippen LogP contribution in [0.3, 0.4) is 0 Å². The lowest BCUT2D eigenvalue weighted by Crippen LogP contribution is -2.50. The first-order valence-electron chi connectivity index (χ1n) is 7.50. The van der Waals surface area contributed by atoms with Crippen LogP contribution in [0.1, 0.15) is 37.0 Å². The zero-order chi connectivity index (χ0) is 16.8. The molecule has 2 N–H and O–H groups in total. The van der Waals surface area contributed by atoms with Crippen molar-refractivity contribution in [2.24, 2.45) is 0 Å². The zero-order valence-corrected chi connectivity index (χ0v) is 13.8. The minimum atomic E-state index is -1.17. The maximum atomic E-state index is 12.7. The van der Waals surface area contributed by atoms with Crippen LogP contribution < -0.4 is 5.32 Å². The van der Waals surface area contributed by atoms with Crippen molar-refractivity contribution in [3.8, 4) is 0 Å². The van der Waals surface area contributed by atoms with Gasteiger partial charge in [0.25, 0.3) is 5.91 Å². The Bertz CT molecular complexity index is 705. The molecule has 0 radical (unpaired) electrons. The summed E-state index contributed by atoms with van der Waals surface area (Å²) < 4.78 is 0. The summed E-state index contributed by atoms with van der Waals surface area (Å²) in [7, 11) is 0. The fourth-order valence-electron chi connectivity index (χ4n) is 3.01. The minimum absolute atomic E-state index is 0.0938. The molecule has 0 aliphatic carbocycles. The number of anilines is 1. The Kier molecular flexibility index (Phi) is 3.83. The van der Waals surface area contributed by atoms with E-state index in [2.05, 4.69) is 5.32 Å². The average molecular weight is 334 g/mol. The number of thioether (sulfide) groups is 1. The van der Waals surface area contributed by atoms with E-state index in [0.29, 0.717) is 30.6 Å². The topological polar surface area (TPSA) is 86.7 Å². The van der Waals surface area contributed by atoms with Gasteiger partial charge in [-0.1, -0.05) is 0 Å². The number of carboxylic acid groups (broad SMARTS) is 1. The van der Waals surface area contributed by atoms with Gasteiger partial charge in [0.15, 0.2) is 0 Å². The average Bonchev–Trinajstić information content (AvgIpc) is 2.90. The zero-order valence-electron chi connectivity index (χ0n) is 13.0. The highest BCUT2D eigenvalue weighted by Gasteiger charge is 2.46. The lowest BCUT2D eigenvalue weighted by Gasteiger charge is -2.31. The van der Waals surface area contributed by atoms with Gasteiger partial charge in [-0.05, 0) is 44.9 Å². The molecule has 2 aliphatic heterocycles. The molecule has 0 aromatic heterocycles. The van der Waals surface area contributed by atoms with Gasteiger partial charge in [-0.3, -0.25) is 9.59 Å². The Morgan fingerprint density at radius 2 is 2.17 bits per heavy atom. The van der Waals surface area contributed by atoms with Crippen molar-refractivity contribution < 1.29 is 19.5 Å². The molecule has 1 aromatic carbocycles. The van der Waals surface area contributed by atoms with Crippen LogP contribution in [0.2, 0.25) is 0 Å². The molecule has 1 aromatic rings. The molecule has 122 valence electrons. The minimum Gasteiger partial charge on any atom is -0.480 e. The van der Waals surface area contributed by atoms with E-state index in [-0.39, 0.29) is 17.1 Å². The van der Waals surface area contributed by atoms with Crippen molar-refractivity contribution in [1.29, 1.82) is 0 Å². The number of carbonyl (C=O) groups excluding carboxylic acids is 2. The summed E-state index contributed by atoms with van der Waals surface area (Å²) in [5.74, 6) is -1.39. The van der Waals surface area contributed by atoms with Crippen LogP contribution in [0, 0.1) is 0 Å². The first-order valence-corrected chi connectivity index (χ1v) is 8.38. The number of fused-ring (bicyclic) bond motifs is 1. The molecule has 2 amide bonds. The Labute approximate surface area is 138 Å². The van der Waals surface area contributed by atoms with Gasteiger partial charge in [0.1, 0.15) is 5.54 Å². The molecule has 2 atom stereocenters. The van der Waals surface area contributed by atoms with Gasteiger partial charge in [0.05, 0.1) is 10.9 Å². The third kappa shape index (κ3) is 2.59. The SMILES string of the molecule is CC1Sc2ccc(C(=O)N3CCCC3(C)C(=O)O)cc2NC1=O. The summed E-state index contributed by atoms with van der Waals surface area (Å²) >= 11 is 1.45. The van der Waals surface area contributed by atoms with E-state index in [1.165, 1.54) is 16.7 Å². The van der Waals surface area contributed by atoms with Crippen molar-refractivity contribution in [2.75, 3.05) is 11.9 Å². The predicted molar refractivity (Wildman–Crippen MR) is 86.7 cm³/mol. The van der Waals surface area contributed by atoms with E-state index in [0.717, 1.165) is 4.90 Å². The fourth-order valence-corrected chi connectivity index (χ4v) is 3.94. The monoisotopic (exact) mass is 334 g/mol. The fraction of sp³-hybridized carbons (Fsp3) is 0.438. The lowest BCUT2D eigenvalue weighted by atomic mass is 9.98. The Balaban J connectivity index is 1.91. The summed E-state index contributed by atoms with van der Waals surface area (Å²) in [4.78, 5) is 38.4. The maximum absolute atomic E-state index is 12.7. The maximum Gasteiger partial charge on any atom is 0.329 e. The second-order valence-corrected chi connectivity index (χ2v) is 7.48. The Morgan fingerprint density at radius 3 is 2.87 bits per heavy atom. The molecule has 2 unspecified atom stereocenters. The van der Waals surface area contributed by atoms with E-state index in [1.54, 1.807) is 25.1 Å². The second-order valence-electron chi connectivity index (χ2n) is 6.10. The number of carboxylic acids is 1. The molecule has 2 heterocycles. The lowest BCUT2D eigenvalue weighted by molar-refractivity contribution is -0.147. The molecule has 3 rings (SSSR count). The summed E-state index contributed by atoms with van der Waals surface area (Å²) in [6, 6.07) is 5.13. The number of rotatable bonds is 2. The number of aliphatic carboxylic acids is 1. The molecule has 1 saturated heterocycles. The summed E-state index contributed by atoms with van der Waals surface area (Å²) in [6.07, 6.45) is 1.12. The summed E-state index contributed by atoms with van der Waals surface area (Å²) in [6.45, 7) is 3.83. The normalized spacial score (nSPS) is 26.6. The Morgan fingerprint density at radius 1 is 1.43 bits per heavy atom. The quantitative estimate of drug-likeness (QED) is 0.866. The van der Waals surface area contributed by atoms with E-state index >= 15 is 0 Å². The summed E-state index contributed by atoms with van der Waals surface area (Å²) in [5.41, 5.74) is -0.159. The number of benzene rings is 1. The number of carbonyl (C=O) groups is 3. The molecule has 23 heavy (non-hydrogen) atoms. The van der Waals surface area contributed by atoms with Crippen molar-refractivity contribution in [1.82, 2.24) is 4.90 Å². The van der Waals surface area contributed by atoms with E-state index in [4.69, 9.17) is 0 Å². The number of likely N-dealkylation sites (tertiary alicyclic amines) is 1. The molecule has 0 bridgehead atoms. The molecule has 1 fully saturated rings. The molecule has 0 saturated carbocycles. The second kappa shape index (κ2) is 5.56. The third-order valence-corrected chi connectivity index (χ3v) is 5.68. The first-order chi connectivity index (χ1) is 10.8. The van der Waals surface area contributed by atoms with Crippen LogP contribution in [0.25, 0.3) is 0 Å². The number of amides is 2. The largest absolute Gasteiger partial charge is 0.480 e. The van der Waals surface area contributed by atoms with Gasteiger partial charge in [0, 0.05) is 17.0 Å². The molecular formula is C16H18N2O4S. The Hall–Kier alpha value is -2.02.